The van der Waals surface area contributed by atoms with Gasteiger partial charge in [-0.05, 0) is 0 Å². The van der Waals surface area contributed by atoms with Crippen molar-refractivity contribution in [1.82, 2.24) is 4.98 Å². The lowest BCUT2D eigenvalue weighted by Gasteiger charge is -2.02. The van der Waals surface area contributed by atoms with Crippen LogP contribution in [0.4, 0.5) is 0 Å². The molecule has 2 heterocycles. The third-order valence-electron chi connectivity index (χ3n) is 1.86. The first-order valence-corrected chi connectivity index (χ1v) is 5.10. The second-order valence-corrected chi connectivity index (χ2v) is 4.15. The fourth-order valence-electron chi connectivity index (χ4n) is 1.23. The Morgan fingerprint density at radius 1 is 1.69 bits per heavy atom. The van der Waals surface area contributed by atoms with Crippen LogP contribution in [-0.4, -0.2) is 21.8 Å². The average molecular weight is 216 g/mol. The van der Waals surface area contributed by atoms with E-state index < -0.39 is 5.97 Å². The molecule has 2 rings (SSSR count). The molecule has 1 aliphatic heterocycles. The number of aromatic nitrogens is 1. The zero-order valence-corrected chi connectivity index (χ0v) is 8.15. The lowest BCUT2D eigenvalue weighted by molar-refractivity contribution is 0.0696. The highest BCUT2D eigenvalue weighted by Gasteiger charge is 2.21. The van der Waals surface area contributed by atoms with Gasteiger partial charge in [-0.25, -0.2) is 4.79 Å². The standard InChI is InChI=1S/C8H6ClNO2S/c9-6-4(8(11)12)3-10-5-1-2-13-7(5)6/h3H,1-2H2,(H,11,12). The maximum Gasteiger partial charge on any atom is 0.338 e. The van der Waals surface area contributed by atoms with Crippen LogP contribution in [0.5, 0.6) is 0 Å². The van der Waals surface area contributed by atoms with Crippen LogP contribution in [0.2, 0.25) is 5.02 Å². The van der Waals surface area contributed by atoms with E-state index in [1.54, 1.807) is 11.8 Å². The van der Waals surface area contributed by atoms with Gasteiger partial charge in [-0.15, -0.1) is 11.8 Å². The van der Waals surface area contributed by atoms with Crippen molar-refractivity contribution in [2.75, 3.05) is 5.75 Å². The van der Waals surface area contributed by atoms with Crippen molar-refractivity contribution in [1.29, 1.82) is 0 Å². The van der Waals surface area contributed by atoms with Crippen molar-refractivity contribution in [3.8, 4) is 0 Å². The first-order chi connectivity index (χ1) is 6.20. The Hall–Kier alpha value is -0.740. The Bertz CT molecular complexity index is 381. The second-order valence-electron chi connectivity index (χ2n) is 2.67. The summed E-state index contributed by atoms with van der Waals surface area (Å²) in [7, 11) is 0. The van der Waals surface area contributed by atoms with Crippen molar-refractivity contribution in [3.63, 3.8) is 0 Å². The topological polar surface area (TPSA) is 50.2 Å². The Morgan fingerprint density at radius 3 is 3.15 bits per heavy atom. The van der Waals surface area contributed by atoms with Crippen molar-refractivity contribution >= 4 is 29.3 Å². The van der Waals surface area contributed by atoms with E-state index in [0.717, 1.165) is 22.8 Å². The van der Waals surface area contributed by atoms with Crippen molar-refractivity contribution in [3.05, 3.63) is 22.5 Å². The molecule has 5 heteroatoms. The van der Waals surface area contributed by atoms with E-state index in [1.807, 2.05) is 0 Å². The minimum absolute atomic E-state index is 0.0924. The van der Waals surface area contributed by atoms with Crippen LogP contribution in [-0.2, 0) is 6.42 Å². The predicted octanol–water partition coefficient (Wildman–Crippen LogP) is 2.08. The van der Waals surface area contributed by atoms with Crippen LogP contribution in [0.25, 0.3) is 0 Å². The van der Waals surface area contributed by atoms with Gasteiger partial charge in [0.15, 0.2) is 0 Å². The van der Waals surface area contributed by atoms with Crippen LogP contribution in [0.3, 0.4) is 0 Å². The zero-order valence-electron chi connectivity index (χ0n) is 6.58. The Labute approximate surface area is 84.1 Å². The highest BCUT2D eigenvalue weighted by Crippen LogP contribution is 2.37. The first kappa shape index (κ1) is 8.84. The number of halogens is 1. The predicted molar refractivity (Wildman–Crippen MR) is 50.6 cm³/mol. The number of aryl methyl sites for hydroxylation is 1. The summed E-state index contributed by atoms with van der Waals surface area (Å²) < 4.78 is 0. The van der Waals surface area contributed by atoms with Crippen LogP contribution < -0.4 is 0 Å². The van der Waals surface area contributed by atoms with E-state index >= 15 is 0 Å². The van der Waals surface area contributed by atoms with E-state index in [-0.39, 0.29) is 5.56 Å². The molecule has 68 valence electrons. The average Bonchev–Trinajstić information content (AvgIpc) is 2.52. The number of carboxylic acids is 1. The smallest absolute Gasteiger partial charge is 0.338 e. The monoisotopic (exact) mass is 215 g/mol. The number of rotatable bonds is 1. The molecule has 0 unspecified atom stereocenters. The van der Waals surface area contributed by atoms with Gasteiger partial charge in [0.2, 0.25) is 0 Å². The Balaban J connectivity index is 2.59. The first-order valence-electron chi connectivity index (χ1n) is 3.73. The third-order valence-corrected chi connectivity index (χ3v) is 3.50. The van der Waals surface area contributed by atoms with E-state index in [4.69, 9.17) is 16.7 Å². The molecular formula is C8H6ClNO2S. The highest BCUT2D eigenvalue weighted by atomic mass is 35.5. The number of carboxylic acid groups (broad SMARTS) is 1. The van der Waals surface area contributed by atoms with E-state index in [2.05, 4.69) is 4.98 Å². The van der Waals surface area contributed by atoms with Gasteiger partial charge in [0, 0.05) is 23.3 Å². The summed E-state index contributed by atoms with van der Waals surface area (Å²) in [5.41, 5.74) is 1.01. The molecule has 1 aliphatic rings. The van der Waals surface area contributed by atoms with Crippen LogP contribution >= 0.6 is 23.4 Å². The van der Waals surface area contributed by atoms with Gasteiger partial charge in [0.25, 0.3) is 0 Å². The van der Waals surface area contributed by atoms with Gasteiger partial charge in [-0.2, -0.15) is 0 Å². The maximum atomic E-state index is 10.7. The van der Waals surface area contributed by atoms with E-state index in [1.165, 1.54) is 6.20 Å². The maximum absolute atomic E-state index is 10.7. The van der Waals surface area contributed by atoms with Crippen LogP contribution in [0, 0.1) is 0 Å². The van der Waals surface area contributed by atoms with Crippen molar-refractivity contribution in [2.24, 2.45) is 0 Å². The van der Waals surface area contributed by atoms with Crippen LogP contribution in [0.1, 0.15) is 16.1 Å². The molecule has 1 aromatic rings. The molecule has 0 radical (unpaired) electrons. The molecule has 0 amide bonds. The molecule has 3 nitrogen and oxygen atoms in total. The van der Waals surface area contributed by atoms with Crippen LogP contribution in [0.15, 0.2) is 11.1 Å². The summed E-state index contributed by atoms with van der Waals surface area (Å²) in [5.74, 6) is -0.0849. The fourth-order valence-corrected chi connectivity index (χ4v) is 2.69. The van der Waals surface area contributed by atoms with Gasteiger partial charge >= 0.3 is 5.97 Å². The number of nitrogens with zero attached hydrogens (tertiary/aromatic N) is 1. The van der Waals surface area contributed by atoms with Gasteiger partial charge in [-0.1, -0.05) is 11.6 Å². The summed E-state index contributed by atoms with van der Waals surface area (Å²) in [4.78, 5) is 15.6. The number of thioether (sulfide) groups is 1. The Morgan fingerprint density at radius 2 is 2.46 bits per heavy atom. The largest absolute Gasteiger partial charge is 0.478 e. The fraction of sp³-hybridized carbons (Fsp3) is 0.250. The quantitative estimate of drug-likeness (QED) is 0.779. The minimum Gasteiger partial charge on any atom is -0.478 e. The van der Waals surface area contributed by atoms with Crippen molar-refractivity contribution in [2.45, 2.75) is 11.3 Å². The van der Waals surface area contributed by atoms with Gasteiger partial charge in [0.1, 0.15) is 0 Å². The molecule has 0 atom stereocenters. The summed E-state index contributed by atoms with van der Waals surface area (Å²) in [6.07, 6.45) is 2.20. The number of pyridine rings is 1. The number of carbonyl (C=O) groups is 1. The Kier molecular flexibility index (Phi) is 2.17. The molecule has 0 saturated heterocycles. The van der Waals surface area contributed by atoms with E-state index in [0.29, 0.717) is 5.02 Å². The lowest BCUT2D eigenvalue weighted by Crippen LogP contribution is -2.00. The number of hydrogen-bond acceptors (Lipinski definition) is 3. The number of fused-ring (bicyclic) bond motifs is 1. The molecule has 13 heavy (non-hydrogen) atoms. The minimum atomic E-state index is -1.02. The van der Waals surface area contributed by atoms with Gasteiger partial charge in [0.05, 0.1) is 16.3 Å². The molecule has 0 fully saturated rings. The van der Waals surface area contributed by atoms with Gasteiger partial charge < -0.3 is 5.11 Å². The molecular weight excluding hydrogens is 210 g/mol. The molecule has 1 aromatic heterocycles. The van der Waals surface area contributed by atoms with E-state index in [9.17, 15) is 4.79 Å². The molecule has 0 aromatic carbocycles. The third kappa shape index (κ3) is 1.40. The molecule has 0 saturated carbocycles. The summed E-state index contributed by atoms with van der Waals surface area (Å²) >= 11 is 7.48. The molecule has 1 N–H and O–H groups in total. The summed E-state index contributed by atoms with van der Waals surface area (Å²) in [6, 6.07) is 0. The molecule has 0 spiro atoms. The second kappa shape index (κ2) is 3.20. The summed E-state index contributed by atoms with van der Waals surface area (Å²) in [5, 5.41) is 9.10. The van der Waals surface area contributed by atoms with Crippen molar-refractivity contribution < 1.29 is 9.90 Å². The zero-order chi connectivity index (χ0) is 9.42. The number of hydrogen-bond donors (Lipinski definition) is 1. The highest BCUT2D eigenvalue weighted by molar-refractivity contribution is 7.99. The SMILES string of the molecule is O=C(O)c1cnc2c(c1Cl)SCC2. The normalized spacial score (nSPS) is 14.2. The summed E-state index contributed by atoms with van der Waals surface area (Å²) in [6.45, 7) is 0. The molecule has 0 aliphatic carbocycles. The van der Waals surface area contributed by atoms with Gasteiger partial charge in [-0.3, -0.25) is 4.98 Å². The lowest BCUT2D eigenvalue weighted by atomic mass is 10.2. The molecule has 0 bridgehead atoms. The number of aromatic carboxylic acids is 1.